The molecule has 1 heterocycles. The lowest BCUT2D eigenvalue weighted by Crippen LogP contribution is -2.56. The maximum Gasteiger partial charge on any atom is 0.326 e. The summed E-state index contributed by atoms with van der Waals surface area (Å²) in [6, 6.07) is -3.28. The second kappa shape index (κ2) is 14.5. The molecule has 0 radical (unpaired) electrons. The molecular formula is C19H35N7O5S. The van der Waals surface area contributed by atoms with Crippen LogP contribution in [0.1, 0.15) is 39.0 Å². The number of carboxylic acids is 1. The number of carbonyl (C=O) groups is 4. The minimum atomic E-state index is -1.15. The normalized spacial score (nSPS) is 18.1. The molecule has 0 bridgehead atoms. The van der Waals surface area contributed by atoms with Crippen molar-refractivity contribution in [1.29, 1.82) is 0 Å². The van der Waals surface area contributed by atoms with Gasteiger partial charge in [0.1, 0.15) is 18.1 Å². The number of aliphatic imine (C=N–C) groups is 1. The first-order chi connectivity index (χ1) is 15.1. The lowest BCUT2D eigenvalue weighted by molar-refractivity contribution is -0.142. The Morgan fingerprint density at radius 2 is 1.81 bits per heavy atom. The van der Waals surface area contributed by atoms with Gasteiger partial charge in [0.25, 0.3) is 0 Å². The second-order valence-electron chi connectivity index (χ2n) is 7.57. The zero-order valence-corrected chi connectivity index (χ0v) is 19.4. The number of nitrogens with two attached hydrogens (primary N) is 2. The Morgan fingerprint density at radius 1 is 1.12 bits per heavy atom. The largest absolute Gasteiger partial charge is 0.480 e. The first-order valence-corrected chi connectivity index (χ1v) is 12.0. The molecule has 3 amide bonds. The Labute approximate surface area is 192 Å². The molecule has 0 aromatic rings. The molecule has 9 N–H and O–H groups in total. The molecule has 4 atom stereocenters. The molecule has 182 valence electrons. The van der Waals surface area contributed by atoms with Crippen molar-refractivity contribution >= 4 is 41.4 Å². The third-order valence-electron chi connectivity index (χ3n) is 4.93. The van der Waals surface area contributed by atoms with Crippen molar-refractivity contribution in [2.45, 2.75) is 63.2 Å². The van der Waals surface area contributed by atoms with E-state index in [0.717, 1.165) is 13.0 Å². The first-order valence-electron chi connectivity index (χ1n) is 10.6. The zero-order valence-electron chi connectivity index (χ0n) is 18.6. The molecule has 13 heteroatoms. The highest BCUT2D eigenvalue weighted by atomic mass is 32.2. The fraction of sp³-hybridized carbons (Fsp3) is 0.737. The molecular weight excluding hydrogens is 438 g/mol. The summed E-state index contributed by atoms with van der Waals surface area (Å²) in [7, 11) is 0. The highest BCUT2D eigenvalue weighted by Crippen LogP contribution is 2.06. The molecule has 0 aromatic heterocycles. The van der Waals surface area contributed by atoms with Crippen molar-refractivity contribution in [3.63, 3.8) is 0 Å². The summed E-state index contributed by atoms with van der Waals surface area (Å²) >= 11 is 1.46. The van der Waals surface area contributed by atoms with Crippen molar-refractivity contribution in [2.24, 2.45) is 16.5 Å². The van der Waals surface area contributed by atoms with Gasteiger partial charge >= 0.3 is 5.97 Å². The van der Waals surface area contributed by atoms with Crippen LogP contribution in [0.2, 0.25) is 0 Å². The second-order valence-corrected chi connectivity index (χ2v) is 8.56. The van der Waals surface area contributed by atoms with E-state index in [9.17, 15) is 24.3 Å². The third kappa shape index (κ3) is 10.2. The van der Waals surface area contributed by atoms with Gasteiger partial charge in [0.15, 0.2) is 5.96 Å². The molecule has 0 aliphatic carbocycles. The predicted octanol–water partition coefficient (Wildman–Crippen LogP) is -1.90. The average molecular weight is 474 g/mol. The van der Waals surface area contributed by atoms with E-state index in [1.807, 2.05) is 6.26 Å². The highest BCUT2D eigenvalue weighted by molar-refractivity contribution is 7.98. The minimum Gasteiger partial charge on any atom is -0.480 e. The Balaban J connectivity index is 2.76. The van der Waals surface area contributed by atoms with Gasteiger partial charge in [-0.3, -0.25) is 19.4 Å². The Kier molecular flexibility index (Phi) is 12.5. The lowest BCUT2D eigenvalue weighted by Gasteiger charge is -2.23. The molecule has 1 fully saturated rings. The number of amides is 3. The van der Waals surface area contributed by atoms with E-state index in [4.69, 9.17) is 11.5 Å². The van der Waals surface area contributed by atoms with Gasteiger partial charge in [-0.25, -0.2) is 4.79 Å². The fourth-order valence-corrected chi connectivity index (χ4v) is 3.59. The van der Waals surface area contributed by atoms with Crippen molar-refractivity contribution in [3.8, 4) is 0 Å². The number of hydrogen-bond acceptors (Lipinski definition) is 7. The van der Waals surface area contributed by atoms with E-state index in [0.29, 0.717) is 18.6 Å². The minimum absolute atomic E-state index is 0.0881. The fourth-order valence-electron chi connectivity index (χ4n) is 3.12. The van der Waals surface area contributed by atoms with Crippen molar-refractivity contribution in [3.05, 3.63) is 0 Å². The summed E-state index contributed by atoms with van der Waals surface area (Å²) in [5.41, 5.74) is 10.6. The number of nitrogens with one attached hydrogen (secondary N) is 4. The van der Waals surface area contributed by atoms with E-state index in [1.165, 1.54) is 18.7 Å². The average Bonchev–Trinajstić information content (AvgIpc) is 3.27. The number of hydrogen-bond donors (Lipinski definition) is 7. The molecule has 0 saturated carbocycles. The van der Waals surface area contributed by atoms with Crippen LogP contribution < -0.4 is 32.7 Å². The maximum atomic E-state index is 12.8. The maximum absolute atomic E-state index is 12.8. The van der Waals surface area contributed by atoms with Crippen LogP contribution >= 0.6 is 11.8 Å². The summed E-state index contributed by atoms with van der Waals surface area (Å²) < 4.78 is 0. The van der Waals surface area contributed by atoms with Crippen LogP contribution in [0.5, 0.6) is 0 Å². The van der Waals surface area contributed by atoms with Gasteiger partial charge < -0.3 is 37.8 Å². The van der Waals surface area contributed by atoms with E-state index in [-0.39, 0.29) is 37.3 Å². The SMILES string of the molecule is CSCCC(NC(=O)C(CCCN=C(N)N)NC(=O)C(C)NC(=O)C1CCCN1)C(=O)O. The lowest BCUT2D eigenvalue weighted by atomic mass is 10.1. The van der Waals surface area contributed by atoms with Gasteiger partial charge in [0, 0.05) is 6.54 Å². The van der Waals surface area contributed by atoms with Crippen molar-refractivity contribution < 1.29 is 24.3 Å². The van der Waals surface area contributed by atoms with Gasteiger partial charge in [0.05, 0.1) is 6.04 Å². The van der Waals surface area contributed by atoms with E-state index in [1.54, 1.807) is 0 Å². The van der Waals surface area contributed by atoms with Crippen LogP contribution in [-0.4, -0.2) is 84.0 Å². The molecule has 32 heavy (non-hydrogen) atoms. The number of guanidine groups is 1. The zero-order chi connectivity index (χ0) is 24.1. The van der Waals surface area contributed by atoms with Gasteiger partial charge in [-0.15, -0.1) is 0 Å². The van der Waals surface area contributed by atoms with Gasteiger partial charge in [-0.05, 0) is 57.6 Å². The quantitative estimate of drug-likeness (QED) is 0.0855. The number of carboxylic acid groups (broad SMARTS) is 1. The summed E-state index contributed by atoms with van der Waals surface area (Å²) in [4.78, 5) is 52.9. The molecule has 1 saturated heterocycles. The Hall–Kier alpha value is -2.54. The first kappa shape index (κ1) is 27.5. The highest BCUT2D eigenvalue weighted by Gasteiger charge is 2.29. The van der Waals surface area contributed by atoms with E-state index >= 15 is 0 Å². The topological polar surface area (TPSA) is 201 Å². The molecule has 1 aliphatic heterocycles. The van der Waals surface area contributed by atoms with Crippen LogP contribution in [0.15, 0.2) is 4.99 Å². The van der Waals surface area contributed by atoms with E-state index < -0.39 is 35.9 Å². The summed E-state index contributed by atoms with van der Waals surface area (Å²) in [5, 5.41) is 20.1. The molecule has 0 aromatic carbocycles. The number of carbonyl (C=O) groups excluding carboxylic acids is 3. The van der Waals surface area contributed by atoms with E-state index in [2.05, 4.69) is 26.3 Å². The van der Waals surface area contributed by atoms with Crippen LogP contribution in [0.3, 0.4) is 0 Å². The number of rotatable bonds is 14. The molecule has 4 unspecified atom stereocenters. The molecule has 1 rings (SSSR count). The van der Waals surface area contributed by atoms with Gasteiger partial charge in [-0.1, -0.05) is 0 Å². The third-order valence-corrected chi connectivity index (χ3v) is 5.58. The molecule has 12 nitrogen and oxygen atoms in total. The summed E-state index contributed by atoms with van der Waals surface area (Å²) in [6.45, 7) is 2.52. The Morgan fingerprint density at radius 3 is 2.38 bits per heavy atom. The van der Waals surface area contributed by atoms with Crippen LogP contribution in [-0.2, 0) is 19.2 Å². The predicted molar refractivity (Wildman–Crippen MR) is 123 cm³/mol. The smallest absolute Gasteiger partial charge is 0.326 e. The van der Waals surface area contributed by atoms with Gasteiger partial charge in [-0.2, -0.15) is 11.8 Å². The monoisotopic (exact) mass is 473 g/mol. The number of aliphatic carboxylic acids is 1. The molecule has 0 spiro atoms. The summed E-state index contributed by atoms with van der Waals surface area (Å²) in [5.74, 6) is -2.13. The van der Waals surface area contributed by atoms with Crippen molar-refractivity contribution in [2.75, 3.05) is 25.1 Å². The van der Waals surface area contributed by atoms with Crippen molar-refractivity contribution in [1.82, 2.24) is 21.3 Å². The Bertz CT molecular complexity index is 681. The van der Waals surface area contributed by atoms with Crippen LogP contribution in [0, 0.1) is 0 Å². The van der Waals surface area contributed by atoms with Crippen LogP contribution in [0.25, 0.3) is 0 Å². The van der Waals surface area contributed by atoms with Gasteiger partial charge in [0.2, 0.25) is 17.7 Å². The van der Waals surface area contributed by atoms with Crippen LogP contribution in [0.4, 0.5) is 0 Å². The number of nitrogens with zero attached hydrogens (tertiary/aromatic N) is 1. The molecule has 1 aliphatic rings. The standard InChI is InChI=1S/C19H35N7O5S/c1-11(24-16(28)12-5-3-8-22-12)15(27)25-13(6-4-9-23-19(20)21)17(29)26-14(18(30)31)7-10-32-2/h11-14,22H,3-10H2,1-2H3,(H,24,28)(H,25,27)(H,26,29)(H,30,31)(H4,20,21,23). The summed E-state index contributed by atoms with van der Waals surface area (Å²) in [6.07, 6.45) is 4.24. The number of thioether (sulfide) groups is 1.